The van der Waals surface area contributed by atoms with Gasteiger partial charge >= 0.3 is 0 Å². The summed E-state index contributed by atoms with van der Waals surface area (Å²) in [5.74, 6) is 6.88. The first-order chi connectivity index (χ1) is 8.13. The molecule has 2 unspecified atom stereocenters. The number of halogens is 1. The van der Waals surface area contributed by atoms with E-state index in [2.05, 4.69) is 19.3 Å². The Bertz CT molecular complexity index is 357. The minimum absolute atomic E-state index is 0.0853. The van der Waals surface area contributed by atoms with Crippen molar-refractivity contribution in [3.63, 3.8) is 0 Å². The molecule has 1 aromatic rings. The van der Waals surface area contributed by atoms with Crippen molar-refractivity contribution < 1.29 is 4.74 Å². The maximum Gasteiger partial charge on any atom is 0.125 e. The Morgan fingerprint density at radius 3 is 2.71 bits per heavy atom. The largest absolute Gasteiger partial charge is 0.496 e. The Balaban J connectivity index is 3.02. The van der Waals surface area contributed by atoms with Gasteiger partial charge in [0.25, 0.3) is 0 Å². The monoisotopic (exact) mass is 256 g/mol. The quantitative estimate of drug-likeness (QED) is 0.607. The summed E-state index contributed by atoms with van der Waals surface area (Å²) in [5.41, 5.74) is 3.93. The second kappa shape index (κ2) is 6.84. The van der Waals surface area contributed by atoms with Crippen LogP contribution < -0.4 is 16.0 Å². The van der Waals surface area contributed by atoms with Crippen LogP contribution in [0.5, 0.6) is 5.75 Å². The van der Waals surface area contributed by atoms with Crippen molar-refractivity contribution in [2.24, 2.45) is 11.8 Å². The number of nitrogens with two attached hydrogens (primary N) is 1. The predicted octanol–water partition coefficient (Wildman–Crippen LogP) is 3.29. The van der Waals surface area contributed by atoms with Crippen LogP contribution in [0.25, 0.3) is 0 Å². The Hall–Kier alpha value is -0.770. The summed E-state index contributed by atoms with van der Waals surface area (Å²) in [7, 11) is 1.65. The zero-order valence-electron chi connectivity index (χ0n) is 10.7. The van der Waals surface area contributed by atoms with Gasteiger partial charge in [0.2, 0.25) is 0 Å². The fourth-order valence-electron chi connectivity index (χ4n) is 2.12. The summed E-state index contributed by atoms with van der Waals surface area (Å²) in [6.07, 6.45) is 2.25. The molecule has 1 aromatic carbocycles. The van der Waals surface area contributed by atoms with Crippen LogP contribution in [0.3, 0.4) is 0 Å². The highest BCUT2D eigenvalue weighted by Gasteiger charge is 2.20. The third-order valence-electron chi connectivity index (χ3n) is 3.02. The lowest BCUT2D eigenvalue weighted by molar-refractivity contribution is 0.345. The lowest BCUT2D eigenvalue weighted by Crippen LogP contribution is -2.32. The van der Waals surface area contributed by atoms with Crippen LogP contribution in [-0.2, 0) is 0 Å². The standard InChI is InChI=1S/C13H21ClN2O/c1-4-5-9(2)13(16-15)11-7-6-10(14)8-12(11)17-3/h6-9,13,16H,4-5,15H2,1-3H3. The van der Waals surface area contributed by atoms with E-state index < -0.39 is 0 Å². The summed E-state index contributed by atoms with van der Waals surface area (Å²) in [5, 5.41) is 0.671. The van der Waals surface area contributed by atoms with Gasteiger partial charge in [0.1, 0.15) is 5.75 Å². The predicted molar refractivity (Wildman–Crippen MR) is 72.1 cm³/mol. The van der Waals surface area contributed by atoms with Crippen LogP contribution in [0.2, 0.25) is 5.02 Å². The molecule has 0 aromatic heterocycles. The third-order valence-corrected chi connectivity index (χ3v) is 3.26. The van der Waals surface area contributed by atoms with Gasteiger partial charge in [0.05, 0.1) is 13.2 Å². The zero-order chi connectivity index (χ0) is 12.8. The normalized spacial score (nSPS) is 14.4. The van der Waals surface area contributed by atoms with Crippen molar-refractivity contribution >= 4 is 11.6 Å². The third kappa shape index (κ3) is 3.60. The van der Waals surface area contributed by atoms with Gasteiger partial charge in [-0.3, -0.25) is 11.3 Å². The number of hydrogen-bond donors (Lipinski definition) is 2. The number of rotatable bonds is 6. The van der Waals surface area contributed by atoms with Gasteiger partial charge in [-0.2, -0.15) is 0 Å². The Labute approximate surface area is 108 Å². The number of hydrazine groups is 1. The second-order valence-electron chi connectivity index (χ2n) is 4.30. The Morgan fingerprint density at radius 2 is 2.18 bits per heavy atom. The molecule has 0 saturated carbocycles. The molecule has 0 radical (unpaired) electrons. The molecule has 0 aliphatic heterocycles. The van der Waals surface area contributed by atoms with Crippen LogP contribution in [0, 0.1) is 5.92 Å². The number of hydrogen-bond acceptors (Lipinski definition) is 3. The molecule has 0 bridgehead atoms. The first kappa shape index (κ1) is 14.3. The Morgan fingerprint density at radius 1 is 1.47 bits per heavy atom. The molecule has 0 aliphatic carbocycles. The molecule has 96 valence electrons. The fourth-order valence-corrected chi connectivity index (χ4v) is 2.29. The van der Waals surface area contributed by atoms with Gasteiger partial charge in [-0.25, -0.2) is 0 Å². The van der Waals surface area contributed by atoms with Crippen LogP contribution in [0.4, 0.5) is 0 Å². The highest BCUT2D eigenvalue weighted by Crippen LogP contribution is 2.33. The highest BCUT2D eigenvalue weighted by atomic mass is 35.5. The Kier molecular flexibility index (Phi) is 5.75. The topological polar surface area (TPSA) is 47.3 Å². The van der Waals surface area contributed by atoms with Crippen LogP contribution in [-0.4, -0.2) is 7.11 Å². The number of nitrogens with one attached hydrogen (secondary N) is 1. The lowest BCUT2D eigenvalue weighted by atomic mass is 9.91. The average molecular weight is 257 g/mol. The van der Waals surface area contributed by atoms with Gasteiger partial charge in [0, 0.05) is 10.6 Å². The van der Waals surface area contributed by atoms with E-state index in [1.165, 1.54) is 0 Å². The minimum Gasteiger partial charge on any atom is -0.496 e. The molecular weight excluding hydrogens is 236 g/mol. The zero-order valence-corrected chi connectivity index (χ0v) is 11.4. The van der Waals surface area contributed by atoms with E-state index in [0.29, 0.717) is 10.9 Å². The molecule has 3 nitrogen and oxygen atoms in total. The lowest BCUT2D eigenvalue weighted by Gasteiger charge is -2.25. The molecule has 0 aliphatic rings. The van der Waals surface area contributed by atoms with Crippen molar-refractivity contribution in [3.8, 4) is 5.75 Å². The van der Waals surface area contributed by atoms with Crippen molar-refractivity contribution in [1.29, 1.82) is 0 Å². The van der Waals surface area contributed by atoms with Crippen molar-refractivity contribution in [1.82, 2.24) is 5.43 Å². The minimum atomic E-state index is 0.0853. The molecule has 0 heterocycles. The maximum atomic E-state index is 5.95. The first-order valence-corrected chi connectivity index (χ1v) is 6.31. The SMILES string of the molecule is CCCC(C)C(NN)c1ccc(Cl)cc1OC. The van der Waals surface area contributed by atoms with E-state index in [1.54, 1.807) is 7.11 Å². The summed E-state index contributed by atoms with van der Waals surface area (Å²) < 4.78 is 5.36. The van der Waals surface area contributed by atoms with Gasteiger partial charge in [-0.1, -0.05) is 37.9 Å². The van der Waals surface area contributed by atoms with Crippen LogP contribution >= 0.6 is 11.6 Å². The van der Waals surface area contributed by atoms with Crippen LogP contribution in [0.1, 0.15) is 38.3 Å². The molecule has 0 saturated heterocycles. The van der Waals surface area contributed by atoms with E-state index in [9.17, 15) is 0 Å². The second-order valence-corrected chi connectivity index (χ2v) is 4.73. The van der Waals surface area contributed by atoms with E-state index in [-0.39, 0.29) is 6.04 Å². The molecule has 4 heteroatoms. The molecule has 0 fully saturated rings. The molecule has 0 spiro atoms. The van der Waals surface area contributed by atoms with Gasteiger partial charge in [-0.15, -0.1) is 0 Å². The van der Waals surface area contributed by atoms with Crippen LogP contribution in [0.15, 0.2) is 18.2 Å². The van der Waals surface area contributed by atoms with Crippen molar-refractivity contribution in [3.05, 3.63) is 28.8 Å². The smallest absolute Gasteiger partial charge is 0.125 e. The number of benzene rings is 1. The molecule has 17 heavy (non-hydrogen) atoms. The summed E-state index contributed by atoms with van der Waals surface area (Å²) in [4.78, 5) is 0. The molecule has 2 atom stereocenters. The van der Waals surface area contributed by atoms with E-state index in [4.69, 9.17) is 22.2 Å². The van der Waals surface area contributed by atoms with Gasteiger partial charge in [0.15, 0.2) is 0 Å². The summed E-state index contributed by atoms with van der Waals surface area (Å²) >= 11 is 5.95. The first-order valence-electron chi connectivity index (χ1n) is 5.93. The fraction of sp³-hybridized carbons (Fsp3) is 0.538. The van der Waals surface area contributed by atoms with Crippen molar-refractivity contribution in [2.75, 3.05) is 7.11 Å². The average Bonchev–Trinajstić information content (AvgIpc) is 2.32. The van der Waals surface area contributed by atoms with Gasteiger partial charge < -0.3 is 4.74 Å². The number of ether oxygens (including phenoxy) is 1. The molecule has 0 amide bonds. The molecule has 1 rings (SSSR count). The summed E-state index contributed by atoms with van der Waals surface area (Å²) in [6, 6.07) is 5.74. The van der Waals surface area contributed by atoms with E-state index in [1.807, 2.05) is 18.2 Å². The van der Waals surface area contributed by atoms with Crippen molar-refractivity contribution in [2.45, 2.75) is 32.7 Å². The van der Waals surface area contributed by atoms with E-state index >= 15 is 0 Å². The van der Waals surface area contributed by atoms with Gasteiger partial charge in [-0.05, 0) is 24.5 Å². The van der Waals surface area contributed by atoms with E-state index in [0.717, 1.165) is 24.2 Å². The maximum absolute atomic E-state index is 5.95. The number of methoxy groups -OCH3 is 1. The summed E-state index contributed by atoms with van der Waals surface area (Å²) in [6.45, 7) is 4.35. The molecular formula is C13H21ClN2O. The molecule has 3 N–H and O–H groups in total. The highest BCUT2D eigenvalue weighted by molar-refractivity contribution is 6.30.